The molecule has 2 heterocycles. The quantitative estimate of drug-likeness (QED) is 0.750. The van der Waals surface area contributed by atoms with Gasteiger partial charge in [0.25, 0.3) is 0 Å². The Morgan fingerprint density at radius 1 is 1.14 bits per heavy atom. The Morgan fingerprint density at radius 2 is 1.93 bits per heavy atom. The molecule has 1 atom stereocenters. The number of ether oxygens (including phenoxy) is 1. The standard InChI is InChI=1S/C23H31N3O3/c27-21-10-12-23(22(28)24-13-6-14-25-15-17-29-18-16-25)11-5-4-9-20(23)26(21)19-7-2-1-3-8-19/h1-3,7-9H,4-6,10-18H2,(H,24,28). The summed E-state index contributed by atoms with van der Waals surface area (Å²) in [7, 11) is 0. The molecule has 0 aromatic heterocycles. The van der Waals surface area contributed by atoms with Crippen molar-refractivity contribution in [2.24, 2.45) is 5.41 Å². The molecule has 0 saturated carbocycles. The number of benzene rings is 1. The van der Waals surface area contributed by atoms with Crippen LogP contribution in [0.3, 0.4) is 0 Å². The van der Waals surface area contributed by atoms with E-state index in [-0.39, 0.29) is 11.8 Å². The van der Waals surface area contributed by atoms with E-state index in [0.717, 1.165) is 69.9 Å². The van der Waals surface area contributed by atoms with Crippen molar-refractivity contribution >= 4 is 17.5 Å². The van der Waals surface area contributed by atoms with Gasteiger partial charge in [-0.1, -0.05) is 24.3 Å². The molecule has 0 bridgehead atoms. The van der Waals surface area contributed by atoms with Crippen molar-refractivity contribution in [1.29, 1.82) is 0 Å². The summed E-state index contributed by atoms with van der Waals surface area (Å²) < 4.78 is 5.39. The second-order valence-electron chi connectivity index (χ2n) is 8.19. The molecule has 1 unspecified atom stereocenters. The lowest BCUT2D eigenvalue weighted by atomic mass is 9.69. The van der Waals surface area contributed by atoms with Crippen LogP contribution in [0.25, 0.3) is 0 Å². The van der Waals surface area contributed by atoms with E-state index in [4.69, 9.17) is 4.74 Å². The maximum Gasteiger partial charge on any atom is 0.232 e. The van der Waals surface area contributed by atoms with Crippen LogP contribution in [0, 0.1) is 5.41 Å². The summed E-state index contributed by atoms with van der Waals surface area (Å²) in [5, 5.41) is 3.19. The van der Waals surface area contributed by atoms with Crippen molar-refractivity contribution in [1.82, 2.24) is 10.2 Å². The number of nitrogens with zero attached hydrogens (tertiary/aromatic N) is 2. The summed E-state index contributed by atoms with van der Waals surface area (Å²) in [6, 6.07) is 9.72. The van der Waals surface area contributed by atoms with E-state index in [9.17, 15) is 9.59 Å². The zero-order chi connectivity index (χ0) is 20.1. The van der Waals surface area contributed by atoms with Crippen LogP contribution >= 0.6 is 0 Å². The molecule has 2 amide bonds. The van der Waals surface area contributed by atoms with Gasteiger partial charge >= 0.3 is 0 Å². The van der Waals surface area contributed by atoms with Crippen LogP contribution in [0.15, 0.2) is 42.1 Å². The number of anilines is 1. The number of amides is 2. The lowest BCUT2D eigenvalue weighted by Gasteiger charge is -2.46. The van der Waals surface area contributed by atoms with Crippen LogP contribution in [0.1, 0.15) is 38.5 Å². The number of carbonyl (C=O) groups excluding carboxylic acids is 2. The smallest absolute Gasteiger partial charge is 0.232 e. The first kappa shape index (κ1) is 20.1. The lowest BCUT2D eigenvalue weighted by molar-refractivity contribution is -0.132. The Hall–Kier alpha value is -2.18. The minimum atomic E-state index is -0.582. The summed E-state index contributed by atoms with van der Waals surface area (Å²) >= 11 is 0. The first-order valence-electron chi connectivity index (χ1n) is 10.9. The van der Waals surface area contributed by atoms with Gasteiger partial charge in [0, 0.05) is 37.4 Å². The fourth-order valence-electron chi connectivity index (χ4n) is 4.79. The molecule has 1 N–H and O–H groups in total. The normalized spacial score (nSPS) is 25.3. The highest BCUT2D eigenvalue weighted by atomic mass is 16.5. The molecule has 1 aliphatic carbocycles. The van der Waals surface area contributed by atoms with Gasteiger partial charge in [0.2, 0.25) is 11.8 Å². The van der Waals surface area contributed by atoms with E-state index in [2.05, 4.69) is 16.3 Å². The Bertz CT molecular complexity index is 758. The van der Waals surface area contributed by atoms with E-state index in [1.807, 2.05) is 30.3 Å². The van der Waals surface area contributed by atoms with Gasteiger partial charge in [0.1, 0.15) is 0 Å². The van der Waals surface area contributed by atoms with Crippen molar-refractivity contribution in [3.8, 4) is 0 Å². The molecule has 29 heavy (non-hydrogen) atoms. The number of para-hydroxylation sites is 1. The van der Waals surface area contributed by atoms with Gasteiger partial charge in [-0.05, 0) is 50.8 Å². The molecular weight excluding hydrogens is 366 g/mol. The second kappa shape index (κ2) is 9.09. The SMILES string of the molecule is O=C1CCC2(C(=O)NCCCN3CCOCC3)CCCC=C2N1c1ccccc1. The number of rotatable bonds is 6. The maximum absolute atomic E-state index is 13.4. The topological polar surface area (TPSA) is 61.9 Å². The first-order valence-corrected chi connectivity index (χ1v) is 10.9. The van der Waals surface area contributed by atoms with Gasteiger partial charge in [-0.15, -0.1) is 0 Å². The minimum absolute atomic E-state index is 0.0823. The molecule has 2 fully saturated rings. The molecule has 6 nitrogen and oxygen atoms in total. The zero-order valence-corrected chi connectivity index (χ0v) is 17.1. The Balaban J connectivity index is 1.44. The van der Waals surface area contributed by atoms with Crippen LogP contribution in [-0.4, -0.2) is 56.1 Å². The first-order chi connectivity index (χ1) is 14.2. The number of hydrogen-bond donors (Lipinski definition) is 1. The summed E-state index contributed by atoms with van der Waals surface area (Å²) in [5.74, 6) is 0.166. The summed E-state index contributed by atoms with van der Waals surface area (Å²) in [4.78, 5) is 30.3. The predicted molar refractivity (Wildman–Crippen MR) is 112 cm³/mol. The van der Waals surface area contributed by atoms with Crippen LogP contribution in [0.4, 0.5) is 5.69 Å². The average molecular weight is 398 g/mol. The molecule has 3 aliphatic rings. The number of morpholine rings is 1. The van der Waals surface area contributed by atoms with Crippen LogP contribution in [0.5, 0.6) is 0 Å². The van der Waals surface area contributed by atoms with E-state index in [0.29, 0.717) is 19.4 Å². The van der Waals surface area contributed by atoms with Gasteiger partial charge in [-0.3, -0.25) is 19.4 Å². The summed E-state index contributed by atoms with van der Waals surface area (Å²) in [5.41, 5.74) is 1.16. The number of piperidine rings is 1. The zero-order valence-electron chi connectivity index (χ0n) is 17.1. The fourth-order valence-corrected chi connectivity index (χ4v) is 4.79. The highest BCUT2D eigenvalue weighted by molar-refractivity contribution is 6.02. The van der Waals surface area contributed by atoms with Gasteiger partial charge in [-0.2, -0.15) is 0 Å². The third-order valence-corrected chi connectivity index (χ3v) is 6.38. The van der Waals surface area contributed by atoms with E-state index in [1.54, 1.807) is 4.90 Å². The fraction of sp³-hybridized carbons (Fsp3) is 0.565. The van der Waals surface area contributed by atoms with Gasteiger partial charge in [0.05, 0.1) is 18.6 Å². The Kier molecular flexibility index (Phi) is 6.31. The molecule has 2 saturated heterocycles. The number of allylic oxidation sites excluding steroid dienone is 1. The molecule has 0 radical (unpaired) electrons. The lowest BCUT2D eigenvalue weighted by Crippen LogP contribution is -2.53. The van der Waals surface area contributed by atoms with Crippen molar-refractivity contribution in [3.63, 3.8) is 0 Å². The Morgan fingerprint density at radius 3 is 2.72 bits per heavy atom. The monoisotopic (exact) mass is 397 g/mol. The molecule has 6 heteroatoms. The van der Waals surface area contributed by atoms with Crippen molar-refractivity contribution < 1.29 is 14.3 Å². The molecule has 156 valence electrons. The molecular formula is C23H31N3O3. The largest absolute Gasteiger partial charge is 0.379 e. The third-order valence-electron chi connectivity index (χ3n) is 6.38. The van der Waals surface area contributed by atoms with Crippen molar-refractivity contribution in [3.05, 3.63) is 42.1 Å². The van der Waals surface area contributed by atoms with E-state index < -0.39 is 5.41 Å². The maximum atomic E-state index is 13.4. The van der Waals surface area contributed by atoms with E-state index in [1.165, 1.54) is 0 Å². The molecule has 0 spiro atoms. The number of fused-ring (bicyclic) bond motifs is 1. The van der Waals surface area contributed by atoms with Gasteiger partial charge in [0.15, 0.2) is 0 Å². The van der Waals surface area contributed by atoms with Crippen molar-refractivity contribution in [2.75, 3.05) is 44.3 Å². The molecule has 4 rings (SSSR count). The van der Waals surface area contributed by atoms with Crippen LogP contribution < -0.4 is 10.2 Å². The van der Waals surface area contributed by atoms with Crippen LogP contribution in [-0.2, 0) is 14.3 Å². The summed E-state index contributed by atoms with van der Waals surface area (Å²) in [6.45, 7) is 5.19. The van der Waals surface area contributed by atoms with Crippen molar-refractivity contribution in [2.45, 2.75) is 38.5 Å². The highest BCUT2D eigenvalue weighted by Crippen LogP contribution is 2.48. The van der Waals surface area contributed by atoms with Gasteiger partial charge in [-0.25, -0.2) is 0 Å². The average Bonchev–Trinajstić information content (AvgIpc) is 2.78. The highest BCUT2D eigenvalue weighted by Gasteiger charge is 2.49. The molecule has 1 aromatic rings. The number of carbonyl (C=O) groups is 2. The van der Waals surface area contributed by atoms with Gasteiger partial charge < -0.3 is 10.1 Å². The molecule has 2 aliphatic heterocycles. The number of hydrogen-bond acceptors (Lipinski definition) is 4. The van der Waals surface area contributed by atoms with Crippen LogP contribution in [0.2, 0.25) is 0 Å². The summed E-state index contributed by atoms with van der Waals surface area (Å²) in [6.07, 6.45) is 6.77. The predicted octanol–water partition coefficient (Wildman–Crippen LogP) is 2.71. The Labute approximate surface area is 172 Å². The second-order valence-corrected chi connectivity index (χ2v) is 8.19. The number of nitrogens with one attached hydrogen (secondary N) is 1. The third kappa shape index (κ3) is 4.23. The minimum Gasteiger partial charge on any atom is -0.379 e. The van der Waals surface area contributed by atoms with E-state index >= 15 is 0 Å². The molecule has 1 aromatic carbocycles.